The van der Waals surface area contributed by atoms with Crippen LogP contribution in [0, 0.1) is 4.91 Å². The van der Waals surface area contributed by atoms with Crippen molar-refractivity contribution in [2.24, 2.45) is 5.29 Å². The van der Waals surface area contributed by atoms with Crippen LogP contribution < -0.4 is 5.01 Å². The lowest BCUT2D eigenvalue weighted by molar-refractivity contribution is -0.137. The molecule has 0 N–H and O–H groups in total. The van der Waals surface area contributed by atoms with Gasteiger partial charge in [-0.3, -0.25) is 0 Å². The van der Waals surface area contributed by atoms with Crippen molar-refractivity contribution in [3.05, 3.63) is 52.9 Å². The molecule has 8 heteroatoms. The largest absolute Gasteiger partial charge is 0.416 e. The van der Waals surface area contributed by atoms with E-state index in [-0.39, 0.29) is 16.3 Å². The highest BCUT2D eigenvalue weighted by Gasteiger charge is 2.35. The SMILES string of the molecule is O=NN1c2ccccc2S(=O)c2ccc(C(F)(F)F)cc21. The molecule has 2 aromatic rings. The number of fused-ring (bicyclic) bond motifs is 2. The number of nitrogens with zero attached hydrogens (tertiary/aromatic N) is 2. The smallest absolute Gasteiger partial charge is 0.249 e. The molecule has 0 radical (unpaired) electrons. The van der Waals surface area contributed by atoms with E-state index in [0.717, 1.165) is 23.2 Å². The van der Waals surface area contributed by atoms with Crippen LogP contribution in [0.5, 0.6) is 0 Å². The second kappa shape index (κ2) is 4.66. The van der Waals surface area contributed by atoms with Crippen LogP contribution >= 0.6 is 0 Å². The van der Waals surface area contributed by atoms with Crippen LogP contribution in [0.1, 0.15) is 5.56 Å². The number of para-hydroxylation sites is 1. The van der Waals surface area contributed by atoms with Crippen molar-refractivity contribution < 1.29 is 17.4 Å². The summed E-state index contributed by atoms with van der Waals surface area (Å²) in [5.41, 5.74) is -0.819. The summed E-state index contributed by atoms with van der Waals surface area (Å²) in [6.45, 7) is 0. The maximum absolute atomic E-state index is 12.8. The number of rotatable bonds is 1. The quantitative estimate of drug-likeness (QED) is 0.748. The van der Waals surface area contributed by atoms with Crippen molar-refractivity contribution in [1.82, 2.24) is 0 Å². The molecule has 0 aromatic heterocycles. The third-order valence-corrected chi connectivity index (χ3v) is 4.58. The summed E-state index contributed by atoms with van der Waals surface area (Å²) in [4.78, 5) is 11.5. The summed E-state index contributed by atoms with van der Waals surface area (Å²) in [5, 5.41) is 3.60. The average Bonchev–Trinajstić information content (AvgIpc) is 2.46. The summed E-state index contributed by atoms with van der Waals surface area (Å²) in [6.07, 6.45) is -4.55. The van der Waals surface area contributed by atoms with Crippen LogP contribution in [0.15, 0.2) is 57.5 Å². The highest BCUT2D eigenvalue weighted by atomic mass is 32.2. The summed E-state index contributed by atoms with van der Waals surface area (Å²) in [7, 11) is -1.66. The molecule has 0 saturated heterocycles. The van der Waals surface area contributed by atoms with Crippen LogP contribution in [0.3, 0.4) is 0 Å². The van der Waals surface area contributed by atoms with E-state index >= 15 is 0 Å². The van der Waals surface area contributed by atoms with Crippen molar-refractivity contribution in [1.29, 1.82) is 0 Å². The van der Waals surface area contributed by atoms with Crippen LogP contribution in [0.4, 0.5) is 24.5 Å². The zero-order valence-electron chi connectivity index (χ0n) is 10.3. The molecule has 3 rings (SSSR count). The second-order valence-electron chi connectivity index (χ2n) is 4.31. The minimum absolute atomic E-state index is 0.114. The first-order valence-electron chi connectivity index (χ1n) is 5.79. The molecule has 0 fully saturated rings. The van der Waals surface area contributed by atoms with E-state index in [2.05, 4.69) is 5.29 Å². The lowest BCUT2D eigenvalue weighted by Crippen LogP contribution is -2.19. The fourth-order valence-electron chi connectivity index (χ4n) is 2.14. The van der Waals surface area contributed by atoms with Crippen LogP contribution in [-0.4, -0.2) is 4.21 Å². The van der Waals surface area contributed by atoms with Gasteiger partial charge in [0.05, 0.1) is 42.8 Å². The van der Waals surface area contributed by atoms with Crippen LogP contribution in [0.2, 0.25) is 0 Å². The summed E-state index contributed by atoms with van der Waals surface area (Å²) in [6, 6.07) is 8.99. The number of benzene rings is 2. The highest BCUT2D eigenvalue weighted by Crippen LogP contribution is 2.44. The zero-order chi connectivity index (χ0) is 15.2. The molecule has 0 saturated carbocycles. The molecule has 1 aliphatic heterocycles. The second-order valence-corrected chi connectivity index (χ2v) is 5.73. The standard InChI is InChI=1S/C13H7F3N2O2S/c14-13(15,16)8-5-6-12-10(7-8)18(17-19)9-3-1-2-4-11(9)21(12)20/h1-7H. The van der Waals surface area contributed by atoms with E-state index < -0.39 is 22.5 Å². The molecule has 0 bridgehead atoms. The van der Waals surface area contributed by atoms with E-state index in [4.69, 9.17) is 0 Å². The Morgan fingerprint density at radius 3 is 2.33 bits per heavy atom. The first-order valence-corrected chi connectivity index (χ1v) is 6.94. The molecule has 2 aromatic carbocycles. The van der Waals surface area contributed by atoms with Gasteiger partial charge in [-0.1, -0.05) is 12.1 Å². The number of nitroso groups, excluding NO2 is 1. The molecule has 21 heavy (non-hydrogen) atoms. The van der Waals surface area contributed by atoms with E-state index in [0.29, 0.717) is 4.90 Å². The maximum Gasteiger partial charge on any atom is 0.416 e. The van der Waals surface area contributed by atoms with Gasteiger partial charge in [-0.15, -0.1) is 4.91 Å². The zero-order valence-corrected chi connectivity index (χ0v) is 11.1. The van der Waals surface area contributed by atoms with E-state index in [9.17, 15) is 22.3 Å². The molecule has 0 spiro atoms. The van der Waals surface area contributed by atoms with Gasteiger partial charge < -0.3 is 0 Å². The Morgan fingerprint density at radius 1 is 1.00 bits per heavy atom. The van der Waals surface area contributed by atoms with Gasteiger partial charge in [0.25, 0.3) is 0 Å². The van der Waals surface area contributed by atoms with Crippen LogP contribution in [0.25, 0.3) is 0 Å². The Labute approximate surface area is 119 Å². The molecule has 1 atom stereocenters. The summed E-state index contributed by atoms with van der Waals surface area (Å²) >= 11 is 0. The van der Waals surface area contributed by atoms with Crippen molar-refractivity contribution in [3.63, 3.8) is 0 Å². The van der Waals surface area contributed by atoms with E-state index in [1.807, 2.05) is 0 Å². The van der Waals surface area contributed by atoms with Gasteiger partial charge in [-0.25, -0.2) is 4.21 Å². The Morgan fingerprint density at radius 2 is 1.67 bits per heavy atom. The summed E-state index contributed by atoms with van der Waals surface area (Å²) < 4.78 is 50.7. The Bertz CT molecular complexity index is 761. The van der Waals surface area contributed by atoms with Gasteiger partial charge in [0.1, 0.15) is 0 Å². The lowest BCUT2D eigenvalue weighted by Gasteiger charge is -2.26. The third kappa shape index (κ3) is 2.11. The molecule has 1 unspecified atom stereocenters. The van der Waals surface area contributed by atoms with Gasteiger partial charge in [0.2, 0.25) is 0 Å². The Hall–Kier alpha value is -2.22. The molecule has 0 amide bonds. The monoisotopic (exact) mass is 312 g/mol. The van der Waals surface area contributed by atoms with Gasteiger partial charge in [0.15, 0.2) is 0 Å². The predicted molar refractivity (Wildman–Crippen MR) is 70.5 cm³/mol. The molecular weight excluding hydrogens is 305 g/mol. The predicted octanol–water partition coefficient (Wildman–Crippen LogP) is 4.01. The first kappa shape index (κ1) is 13.7. The topological polar surface area (TPSA) is 49.7 Å². The van der Waals surface area contributed by atoms with Gasteiger partial charge in [-0.05, 0) is 30.3 Å². The molecule has 1 aliphatic rings. The van der Waals surface area contributed by atoms with Gasteiger partial charge in [0, 0.05) is 0 Å². The number of anilines is 2. The average molecular weight is 312 g/mol. The Balaban J connectivity index is 2.25. The molecule has 4 nitrogen and oxygen atoms in total. The number of hydrogen-bond donors (Lipinski definition) is 0. The normalized spacial score (nSPS) is 17.1. The van der Waals surface area contributed by atoms with Crippen molar-refractivity contribution >= 4 is 22.2 Å². The van der Waals surface area contributed by atoms with E-state index in [1.54, 1.807) is 18.2 Å². The fourth-order valence-corrected chi connectivity index (χ4v) is 3.45. The Kier molecular flexibility index (Phi) is 3.05. The van der Waals surface area contributed by atoms with Crippen molar-refractivity contribution in [3.8, 4) is 0 Å². The lowest BCUT2D eigenvalue weighted by atomic mass is 10.1. The van der Waals surface area contributed by atoms with Gasteiger partial charge >= 0.3 is 6.18 Å². The van der Waals surface area contributed by atoms with Gasteiger partial charge in [-0.2, -0.15) is 18.2 Å². The number of hydrogen-bond acceptors (Lipinski definition) is 3. The number of halogens is 3. The fraction of sp³-hybridized carbons (Fsp3) is 0.0769. The third-order valence-electron chi connectivity index (χ3n) is 3.09. The highest BCUT2D eigenvalue weighted by molar-refractivity contribution is 7.85. The van der Waals surface area contributed by atoms with E-state index in [1.165, 1.54) is 6.07 Å². The van der Waals surface area contributed by atoms with Crippen LogP contribution in [-0.2, 0) is 17.0 Å². The number of alkyl halides is 3. The first-order chi connectivity index (χ1) is 9.93. The van der Waals surface area contributed by atoms with Crippen molar-refractivity contribution in [2.45, 2.75) is 16.0 Å². The molecule has 1 heterocycles. The minimum Gasteiger partial charge on any atom is -0.249 e. The minimum atomic E-state index is -4.55. The maximum atomic E-state index is 12.8. The van der Waals surface area contributed by atoms with Crippen molar-refractivity contribution in [2.75, 3.05) is 5.01 Å². The molecule has 108 valence electrons. The molecule has 0 aliphatic carbocycles. The molecular formula is C13H7F3N2O2S. The summed E-state index contributed by atoms with van der Waals surface area (Å²) in [5.74, 6) is 0.